The minimum Gasteiger partial charge on any atom is -0.387 e. The molecule has 1 rings (SSSR count). The summed E-state index contributed by atoms with van der Waals surface area (Å²) in [4.78, 5) is 0. The quantitative estimate of drug-likeness (QED) is 0.762. The average molecular weight is 195 g/mol. The van der Waals surface area contributed by atoms with E-state index in [2.05, 4.69) is 10.3 Å². The summed E-state index contributed by atoms with van der Waals surface area (Å²) in [6.07, 6.45) is -4.15. The molecule has 0 bridgehead atoms. The van der Waals surface area contributed by atoms with Gasteiger partial charge < -0.3 is 5.11 Å². The number of nitrogens with zero attached hydrogens (tertiary/aromatic N) is 3. The Balaban J connectivity index is 2.70. The lowest BCUT2D eigenvalue weighted by molar-refractivity contribution is -0.142. The Bertz CT molecular complexity index is 281. The fraction of sp³-hybridized carbons (Fsp3) is 0.667. The van der Waals surface area contributed by atoms with Crippen molar-refractivity contribution in [3.05, 3.63) is 11.9 Å². The summed E-state index contributed by atoms with van der Waals surface area (Å²) >= 11 is 0. The van der Waals surface area contributed by atoms with E-state index in [0.717, 1.165) is 6.20 Å². The molecule has 1 unspecified atom stereocenters. The van der Waals surface area contributed by atoms with Gasteiger partial charge >= 0.3 is 6.18 Å². The highest BCUT2D eigenvalue weighted by Gasteiger charge is 2.28. The number of halogens is 3. The van der Waals surface area contributed by atoms with Crippen LogP contribution in [0.15, 0.2) is 6.20 Å². The lowest BCUT2D eigenvalue weighted by atomic mass is 10.3. The molecule has 0 aliphatic carbocycles. The van der Waals surface area contributed by atoms with Gasteiger partial charge in [-0.15, -0.1) is 5.10 Å². The van der Waals surface area contributed by atoms with E-state index in [4.69, 9.17) is 5.11 Å². The minimum atomic E-state index is -4.32. The number of aliphatic hydroxyl groups is 1. The highest BCUT2D eigenvalue weighted by Crippen LogP contribution is 2.17. The molecule has 0 aromatic carbocycles. The highest BCUT2D eigenvalue weighted by molar-refractivity contribution is 4.95. The van der Waals surface area contributed by atoms with Gasteiger partial charge in [-0.3, -0.25) is 0 Å². The lowest BCUT2D eigenvalue weighted by Crippen LogP contribution is -2.18. The van der Waals surface area contributed by atoms with Crippen LogP contribution in [0.25, 0.3) is 0 Å². The van der Waals surface area contributed by atoms with E-state index in [9.17, 15) is 13.2 Å². The van der Waals surface area contributed by atoms with Gasteiger partial charge in [0.25, 0.3) is 0 Å². The second kappa shape index (κ2) is 3.33. The van der Waals surface area contributed by atoms with Gasteiger partial charge in [0.1, 0.15) is 12.2 Å². The number of hydrogen-bond acceptors (Lipinski definition) is 3. The van der Waals surface area contributed by atoms with Crippen molar-refractivity contribution in [2.24, 2.45) is 0 Å². The Kier molecular flexibility index (Phi) is 2.55. The number of hydrogen-bond donors (Lipinski definition) is 1. The zero-order valence-electron chi connectivity index (χ0n) is 6.78. The van der Waals surface area contributed by atoms with Crippen LogP contribution in [-0.2, 0) is 6.54 Å². The van der Waals surface area contributed by atoms with Crippen LogP contribution >= 0.6 is 0 Å². The van der Waals surface area contributed by atoms with Gasteiger partial charge in [0.15, 0.2) is 0 Å². The van der Waals surface area contributed by atoms with Crippen molar-refractivity contribution in [2.75, 3.05) is 0 Å². The van der Waals surface area contributed by atoms with Crippen molar-refractivity contribution >= 4 is 0 Å². The largest absolute Gasteiger partial charge is 0.408 e. The molecule has 0 radical (unpaired) electrons. The van der Waals surface area contributed by atoms with Crippen LogP contribution in [0.4, 0.5) is 13.2 Å². The van der Waals surface area contributed by atoms with Crippen molar-refractivity contribution in [1.29, 1.82) is 0 Å². The summed E-state index contributed by atoms with van der Waals surface area (Å²) in [6, 6.07) is 0. The summed E-state index contributed by atoms with van der Waals surface area (Å²) in [6.45, 7) is 0.217. The molecule has 1 atom stereocenters. The predicted molar refractivity (Wildman–Crippen MR) is 36.7 cm³/mol. The summed E-state index contributed by atoms with van der Waals surface area (Å²) in [5.74, 6) is 0. The standard InChI is InChI=1S/C6H8F3N3O/c1-4(13)5-2-12(11-10-5)3-6(7,8)9/h2,4,13H,3H2,1H3. The first-order valence-electron chi connectivity index (χ1n) is 3.53. The number of alkyl halides is 3. The molecular weight excluding hydrogens is 187 g/mol. The highest BCUT2D eigenvalue weighted by atomic mass is 19.4. The zero-order valence-corrected chi connectivity index (χ0v) is 6.78. The molecular formula is C6H8F3N3O. The van der Waals surface area contributed by atoms with Crippen LogP contribution in [0.1, 0.15) is 18.7 Å². The molecule has 4 nitrogen and oxygen atoms in total. The average Bonchev–Trinajstić information content (AvgIpc) is 2.31. The Hall–Kier alpha value is -1.11. The molecule has 1 heterocycles. The van der Waals surface area contributed by atoms with Crippen molar-refractivity contribution < 1.29 is 18.3 Å². The number of rotatable bonds is 2. The third-order valence-electron chi connectivity index (χ3n) is 1.33. The van der Waals surface area contributed by atoms with Crippen LogP contribution in [0, 0.1) is 0 Å². The molecule has 0 spiro atoms. The Morgan fingerprint density at radius 3 is 2.62 bits per heavy atom. The topological polar surface area (TPSA) is 50.9 Å². The normalized spacial score (nSPS) is 14.5. The lowest BCUT2D eigenvalue weighted by Gasteiger charge is -2.04. The van der Waals surface area contributed by atoms with E-state index in [-0.39, 0.29) is 5.69 Å². The van der Waals surface area contributed by atoms with Crippen molar-refractivity contribution in [2.45, 2.75) is 25.7 Å². The molecule has 0 aliphatic heterocycles. The van der Waals surface area contributed by atoms with Crippen LogP contribution in [0.3, 0.4) is 0 Å². The van der Waals surface area contributed by atoms with Crippen LogP contribution < -0.4 is 0 Å². The van der Waals surface area contributed by atoms with Gasteiger partial charge in [0.2, 0.25) is 0 Å². The molecule has 74 valence electrons. The zero-order chi connectivity index (χ0) is 10.1. The van der Waals surface area contributed by atoms with E-state index < -0.39 is 18.8 Å². The molecule has 1 aromatic heterocycles. The maximum absolute atomic E-state index is 11.8. The summed E-state index contributed by atoms with van der Waals surface area (Å²) in [5, 5.41) is 15.5. The second-order valence-corrected chi connectivity index (χ2v) is 2.63. The predicted octanol–water partition coefficient (Wildman–Crippen LogP) is 0.894. The molecule has 1 N–H and O–H groups in total. The molecule has 0 fully saturated rings. The summed E-state index contributed by atoms with van der Waals surface area (Å²) < 4.78 is 36.0. The van der Waals surface area contributed by atoms with E-state index in [1.165, 1.54) is 6.92 Å². The van der Waals surface area contributed by atoms with E-state index in [1.807, 2.05) is 0 Å². The molecule has 0 saturated carbocycles. The van der Waals surface area contributed by atoms with E-state index in [0.29, 0.717) is 4.68 Å². The van der Waals surface area contributed by atoms with Crippen LogP contribution in [-0.4, -0.2) is 26.3 Å². The van der Waals surface area contributed by atoms with Crippen LogP contribution in [0.2, 0.25) is 0 Å². The maximum Gasteiger partial charge on any atom is 0.408 e. The van der Waals surface area contributed by atoms with Gasteiger partial charge in [0.05, 0.1) is 12.3 Å². The van der Waals surface area contributed by atoms with Crippen molar-refractivity contribution in [3.8, 4) is 0 Å². The van der Waals surface area contributed by atoms with Gasteiger partial charge in [-0.1, -0.05) is 5.21 Å². The Morgan fingerprint density at radius 1 is 1.62 bits per heavy atom. The molecule has 0 amide bonds. The minimum absolute atomic E-state index is 0.129. The monoisotopic (exact) mass is 195 g/mol. The Morgan fingerprint density at radius 2 is 2.23 bits per heavy atom. The summed E-state index contributed by atoms with van der Waals surface area (Å²) in [7, 11) is 0. The summed E-state index contributed by atoms with van der Waals surface area (Å²) in [5.41, 5.74) is 0.129. The van der Waals surface area contributed by atoms with Crippen molar-refractivity contribution in [3.63, 3.8) is 0 Å². The van der Waals surface area contributed by atoms with Gasteiger partial charge in [-0.2, -0.15) is 13.2 Å². The molecule has 0 saturated heterocycles. The van der Waals surface area contributed by atoms with E-state index >= 15 is 0 Å². The molecule has 1 aromatic rings. The second-order valence-electron chi connectivity index (χ2n) is 2.63. The Labute approximate surface area is 72.0 Å². The van der Waals surface area contributed by atoms with Gasteiger partial charge in [-0.05, 0) is 6.92 Å². The first kappa shape index (κ1) is 9.97. The number of aliphatic hydroxyl groups excluding tert-OH is 1. The van der Waals surface area contributed by atoms with Gasteiger partial charge in [0, 0.05) is 0 Å². The SMILES string of the molecule is CC(O)c1cn(CC(F)(F)F)nn1. The van der Waals surface area contributed by atoms with Gasteiger partial charge in [-0.25, -0.2) is 4.68 Å². The first-order valence-corrected chi connectivity index (χ1v) is 3.53. The maximum atomic E-state index is 11.8. The van der Waals surface area contributed by atoms with Crippen molar-refractivity contribution in [1.82, 2.24) is 15.0 Å². The smallest absolute Gasteiger partial charge is 0.387 e. The first-order chi connectivity index (χ1) is 5.88. The fourth-order valence-electron chi connectivity index (χ4n) is 0.766. The molecule has 13 heavy (non-hydrogen) atoms. The van der Waals surface area contributed by atoms with Crippen LogP contribution in [0.5, 0.6) is 0 Å². The fourth-order valence-corrected chi connectivity index (χ4v) is 0.766. The van der Waals surface area contributed by atoms with E-state index in [1.54, 1.807) is 0 Å². The third-order valence-corrected chi connectivity index (χ3v) is 1.33. The molecule has 0 aliphatic rings. The third kappa shape index (κ3) is 3.02. The molecule has 7 heteroatoms. The number of aromatic nitrogens is 3.